The van der Waals surface area contributed by atoms with E-state index < -0.39 is 0 Å². The molecule has 0 radical (unpaired) electrons. The highest BCUT2D eigenvalue weighted by Gasteiger charge is 2.27. The molecule has 0 saturated carbocycles. The third-order valence-electron chi connectivity index (χ3n) is 5.43. The SMILES string of the molecule is CN=C(NCCN1CCOCC1)NCC(c1c(F)cccc1Cl)N1CCCC1. The Labute approximate surface area is 172 Å². The number of nitrogens with zero attached hydrogens (tertiary/aromatic N) is 3. The largest absolute Gasteiger partial charge is 0.379 e. The van der Waals surface area contributed by atoms with Crippen LogP contribution in [0.4, 0.5) is 4.39 Å². The number of hydrogen-bond donors (Lipinski definition) is 2. The fourth-order valence-electron chi connectivity index (χ4n) is 3.87. The highest BCUT2D eigenvalue weighted by molar-refractivity contribution is 6.31. The van der Waals surface area contributed by atoms with Crippen LogP contribution in [-0.4, -0.2) is 81.8 Å². The molecule has 2 aliphatic heterocycles. The lowest BCUT2D eigenvalue weighted by molar-refractivity contribution is 0.0389. The van der Waals surface area contributed by atoms with Crippen LogP contribution in [0.2, 0.25) is 5.02 Å². The van der Waals surface area contributed by atoms with Crippen LogP contribution in [0.15, 0.2) is 23.2 Å². The number of hydrogen-bond acceptors (Lipinski definition) is 4. The van der Waals surface area contributed by atoms with E-state index in [-0.39, 0.29) is 11.9 Å². The number of ether oxygens (including phenoxy) is 1. The lowest BCUT2D eigenvalue weighted by Gasteiger charge is -2.30. The van der Waals surface area contributed by atoms with Gasteiger partial charge >= 0.3 is 0 Å². The van der Waals surface area contributed by atoms with Crippen molar-refractivity contribution in [3.8, 4) is 0 Å². The van der Waals surface area contributed by atoms with Crippen LogP contribution in [0, 0.1) is 5.82 Å². The lowest BCUT2D eigenvalue weighted by atomic mass is 10.0. The molecule has 1 aromatic carbocycles. The van der Waals surface area contributed by atoms with E-state index in [9.17, 15) is 4.39 Å². The second kappa shape index (κ2) is 11.0. The number of morpholine rings is 1. The smallest absolute Gasteiger partial charge is 0.191 e. The van der Waals surface area contributed by atoms with Gasteiger partial charge in [-0.05, 0) is 38.1 Å². The average molecular weight is 412 g/mol. The molecule has 3 rings (SSSR count). The third kappa shape index (κ3) is 5.80. The van der Waals surface area contributed by atoms with Crippen molar-refractivity contribution in [1.82, 2.24) is 20.4 Å². The van der Waals surface area contributed by atoms with Gasteiger partial charge in [0.2, 0.25) is 0 Å². The minimum atomic E-state index is -0.249. The Morgan fingerprint density at radius 1 is 1.21 bits per heavy atom. The Hall–Kier alpha value is -1.41. The number of aliphatic imine (C=N–C) groups is 1. The van der Waals surface area contributed by atoms with Gasteiger partial charge in [0, 0.05) is 50.4 Å². The molecular weight excluding hydrogens is 381 g/mol. The normalized spacial score (nSPS) is 20.3. The molecule has 0 bridgehead atoms. The monoisotopic (exact) mass is 411 g/mol. The van der Waals surface area contributed by atoms with E-state index in [1.54, 1.807) is 19.2 Å². The van der Waals surface area contributed by atoms with E-state index in [2.05, 4.69) is 25.4 Å². The summed E-state index contributed by atoms with van der Waals surface area (Å²) in [5.74, 6) is 0.478. The molecule has 2 saturated heterocycles. The van der Waals surface area contributed by atoms with Gasteiger partial charge in [-0.25, -0.2) is 4.39 Å². The fraction of sp³-hybridized carbons (Fsp3) is 0.650. The number of halogens is 2. The van der Waals surface area contributed by atoms with Crippen molar-refractivity contribution >= 4 is 17.6 Å². The van der Waals surface area contributed by atoms with E-state index in [4.69, 9.17) is 16.3 Å². The molecule has 28 heavy (non-hydrogen) atoms. The second-order valence-corrected chi connectivity index (χ2v) is 7.64. The van der Waals surface area contributed by atoms with E-state index >= 15 is 0 Å². The topological polar surface area (TPSA) is 52.1 Å². The van der Waals surface area contributed by atoms with Crippen molar-refractivity contribution in [1.29, 1.82) is 0 Å². The van der Waals surface area contributed by atoms with Gasteiger partial charge in [0.25, 0.3) is 0 Å². The molecule has 2 N–H and O–H groups in total. The summed E-state index contributed by atoms with van der Waals surface area (Å²) in [6, 6.07) is 4.79. The fourth-order valence-corrected chi connectivity index (χ4v) is 4.16. The van der Waals surface area contributed by atoms with Crippen LogP contribution in [0.25, 0.3) is 0 Å². The van der Waals surface area contributed by atoms with Crippen LogP contribution in [-0.2, 0) is 4.74 Å². The number of guanidine groups is 1. The quantitative estimate of drug-likeness (QED) is 0.531. The minimum absolute atomic E-state index is 0.117. The summed E-state index contributed by atoms with van der Waals surface area (Å²) < 4.78 is 19.9. The first-order valence-corrected chi connectivity index (χ1v) is 10.5. The summed E-state index contributed by atoms with van der Waals surface area (Å²) in [7, 11) is 1.75. The molecule has 0 aromatic heterocycles. The first-order valence-electron chi connectivity index (χ1n) is 10.1. The molecule has 2 fully saturated rings. The predicted molar refractivity (Wildman–Crippen MR) is 112 cm³/mol. The number of nitrogens with one attached hydrogen (secondary N) is 2. The predicted octanol–water partition coefficient (Wildman–Crippen LogP) is 2.11. The summed E-state index contributed by atoms with van der Waals surface area (Å²) in [4.78, 5) is 8.99. The van der Waals surface area contributed by atoms with Gasteiger partial charge in [-0.1, -0.05) is 17.7 Å². The molecule has 1 aromatic rings. The number of likely N-dealkylation sites (tertiary alicyclic amines) is 1. The highest BCUT2D eigenvalue weighted by Crippen LogP contribution is 2.31. The Morgan fingerprint density at radius 3 is 2.64 bits per heavy atom. The summed E-state index contributed by atoms with van der Waals surface area (Å²) in [5.41, 5.74) is 0.572. The number of rotatable bonds is 7. The summed E-state index contributed by atoms with van der Waals surface area (Å²) in [6.45, 7) is 7.75. The van der Waals surface area contributed by atoms with Gasteiger partial charge in [0.15, 0.2) is 5.96 Å². The molecule has 156 valence electrons. The van der Waals surface area contributed by atoms with Crippen LogP contribution in [0.1, 0.15) is 24.4 Å². The van der Waals surface area contributed by atoms with E-state index in [0.717, 1.165) is 71.3 Å². The molecule has 0 spiro atoms. The standard InChI is InChI=1S/C20H31ClFN5O/c1-23-20(24-7-10-26-11-13-28-14-12-26)25-15-18(27-8-2-3-9-27)19-16(21)5-4-6-17(19)22/h4-6,18H,2-3,7-15H2,1H3,(H2,23,24,25). The van der Waals surface area contributed by atoms with Crippen LogP contribution >= 0.6 is 11.6 Å². The molecule has 0 amide bonds. The van der Waals surface area contributed by atoms with E-state index in [0.29, 0.717) is 17.1 Å². The summed E-state index contributed by atoms with van der Waals surface area (Å²) in [6.07, 6.45) is 2.27. The Bertz CT molecular complexity index is 627. The lowest BCUT2D eigenvalue weighted by Crippen LogP contribution is -2.46. The number of benzene rings is 1. The molecule has 2 aliphatic rings. The Morgan fingerprint density at radius 2 is 1.96 bits per heavy atom. The molecule has 8 heteroatoms. The molecule has 1 atom stereocenters. The van der Waals surface area contributed by atoms with Gasteiger partial charge in [-0.15, -0.1) is 0 Å². The molecule has 2 heterocycles. The van der Waals surface area contributed by atoms with Gasteiger partial charge in [-0.3, -0.25) is 14.8 Å². The maximum absolute atomic E-state index is 14.6. The molecule has 6 nitrogen and oxygen atoms in total. The third-order valence-corrected chi connectivity index (χ3v) is 5.75. The van der Waals surface area contributed by atoms with Crippen molar-refractivity contribution in [2.45, 2.75) is 18.9 Å². The zero-order valence-electron chi connectivity index (χ0n) is 16.6. The minimum Gasteiger partial charge on any atom is -0.379 e. The van der Waals surface area contributed by atoms with E-state index in [1.807, 2.05) is 0 Å². The van der Waals surface area contributed by atoms with Crippen molar-refractivity contribution in [3.05, 3.63) is 34.6 Å². The molecule has 0 aliphatic carbocycles. The molecular formula is C20H31ClFN5O. The van der Waals surface area contributed by atoms with Gasteiger partial charge < -0.3 is 15.4 Å². The highest BCUT2D eigenvalue weighted by atomic mass is 35.5. The Kier molecular flexibility index (Phi) is 8.33. The maximum atomic E-state index is 14.6. The van der Waals surface area contributed by atoms with Crippen LogP contribution < -0.4 is 10.6 Å². The zero-order chi connectivity index (χ0) is 19.8. The zero-order valence-corrected chi connectivity index (χ0v) is 17.3. The maximum Gasteiger partial charge on any atom is 0.191 e. The van der Waals surface area contributed by atoms with Crippen LogP contribution in [0.5, 0.6) is 0 Å². The van der Waals surface area contributed by atoms with Gasteiger partial charge in [0.05, 0.1) is 19.3 Å². The summed E-state index contributed by atoms with van der Waals surface area (Å²) in [5, 5.41) is 7.20. The first-order chi connectivity index (χ1) is 13.7. The van der Waals surface area contributed by atoms with Crippen molar-refractivity contribution < 1.29 is 9.13 Å². The Balaban J connectivity index is 1.57. The van der Waals surface area contributed by atoms with Crippen molar-refractivity contribution in [2.75, 3.05) is 66.1 Å². The van der Waals surface area contributed by atoms with Gasteiger partial charge in [0.1, 0.15) is 5.82 Å². The van der Waals surface area contributed by atoms with E-state index in [1.165, 1.54) is 6.07 Å². The van der Waals surface area contributed by atoms with Crippen molar-refractivity contribution in [3.63, 3.8) is 0 Å². The van der Waals surface area contributed by atoms with Crippen LogP contribution in [0.3, 0.4) is 0 Å². The summed E-state index contributed by atoms with van der Waals surface area (Å²) >= 11 is 6.37. The second-order valence-electron chi connectivity index (χ2n) is 7.23. The average Bonchev–Trinajstić information content (AvgIpc) is 3.24. The van der Waals surface area contributed by atoms with Gasteiger partial charge in [-0.2, -0.15) is 0 Å². The first kappa shape index (κ1) is 21.3. The van der Waals surface area contributed by atoms with Crippen molar-refractivity contribution in [2.24, 2.45) is 4.99 Å². The molecule has 1 unspecified atom stereocenters.